The van der Waals surface area contributed by atoms with Crippen LogP contribution in [0.15, 0.2) is 48.7 Å². The summed E-state index contributed by atoms with van der Waals surface area (Å²) >= 11 is 0. The van der Waals surface area contributed by atoms with Gasteiger partial charge in [0.2, 0.25) is 23.6 Å². The van der Waals surface area contributed by atoms with Gasteiger partial charge in [-0.05, 0) is 31.4 Å². The maximum Gasteiger partial charge on any atom is 0.246 e. The first kappa shape index (κ1) is 28.7. The standard InChI is InChI=1S/C25H37N7O4/c1-2-36-22-16-19(10-13-29-22)30-25(35)21(9-8-18-6-4-3-5-7-18)31-24(34)20(28)17-23(33)32(14-11-26)15-12-27/h3-7,10,13,16,20-21H,2,8-9,11-12,14-15,17,26-28H2,1H3,(H,31,34)(H,29,30,35). The molecule has 1 aromatic heterocycles. The highest BCUT2D eigenvalue weighted by Crippen LogP contribution is 2.15. The van der Waals surface area contributed by atoms with Crippen molar-refractivity contribution in [2.24, 2.45) is 17.2 Å². The van der Waals surface area contributed by atoms with Gasteiger partial charge in [-0.1, -0.05) is 30.3 Å². The molecule has 0 spiro atoms. The number of nitrogens with one attached hydrogen (secondary N) is 2. The lowest BCUT2D eigenvalue weighted by molar-refractivity contribution is -0.134. The van der Waals surface area contributed by atoms with E-state index in [1.807, 2.05) is 37.3 Å². The molecule has 8 N–H and O–H groups in total. The van der Waals surface area contributed by atoms with Crippen LogP contribution < -0.4 is 32.6 Å². The van der Waals surface area contributed by atoms with Gasteiger partial charge < -0.3 is 37.5 Å². The quantitative estimate of drug-likeness (QED) is 0.227. The molecule has 2 unspecified atom stereocenters. The van der Waals surface area contributed by atoms with Crippen molar-refractivity contribution in [3.8, 4) is 5.88 Å². The SMILES string of the molecule is CCOc1cc(NC(=O)C(CCc2ccccc2)NC(=O)C(N)CC(=O)N(CCN)CCN)ccn1. The predicted octanol–water partition coefficient (Wildman–Crippen LogP) is -0.000200. The second-order valence-corrected chi connectivity index (χ2v) is 8.16. The normalized spacial score (nSPS) is 12.3. The van der Waals surface area contributed by atoms with E-state index >= 15 is 0 Å². The summed E-state index contributed by atoms with van der Waals surface area (Å²) in [6.45, 7) is 3.46. The molecule has 0 aliphatic heterocycles. The minimum atomic E-state index is -1.13. The minimum absolute atomic E-state index is 0.221. The number of nitrogens with zero attached hydrogens (tertiary/aromatic N) is 2. The van der Waals surface area contributed by atoms with Gasteiger partial charge in [-0.2, -0.15) is 0 Å². The Kier molecular flexibility index (Phi) is 12.3. The number of carbonyl (C=O) groups is 3. The Morgan fingerprint density at radius 2 is 1.75 bits per heavy atom. The Hall–Kier alpha value is -3.54. The van der Waals surface area contributed by atoms with Crippen molar-refractivity contribution >= 4 is 23.4 Å². The van der Waals surface area contributed by atoms with E-state index in [-0.39, 0.29) is 25.4 Å². The van der Waals surface area contributed by atoms with Crippen LogP contribution in [0.25, 0.3) is 0 Å². The van der Waals surface area contributed by atoms with Crippen LogP contribution in [0.4, 0.5) is 5.69 Å². The van der Waals surface area contributed by atoms with Crippen LogP contribution >= 0.6 is 0 Å². The van der Waals surface area contributed by atoms with Crippen molar-refractivity contribution in [1.82, 2.24) is 15.2 Å². The number of aryl methyl sites for hydroxylation is 1. The topological polar surface area (TPSA) is 179 Å². The molecule has 2 aromatic rings. The van der Waals surface area contributed by atoms with Gasteiger partial charge in [-0.3, -0.25) is 14.4 Å². The number of pyridine rings is 1. The third kappa shape index (κ3) is 9.61. The van der Waals surface area contributed by atoms with Crippen molar-refractivity contribution in [2.45, 2.75) is 38.3 Å². The number of hydrogen-bond acceptors (Lipinski definition) is 8. The Balaban J connectivity index is 2.09. The highest BCUT2D eigenvalue weighted by molar-refractivity contribution is 5.98. The number of anilines is 1. The van der Waals surface area contributed by atoms with Gasteiger partial charge >= 0.3 is 0 Å². The van der Waals surface area contributed by atoms with Crippen molar-refractivity contribution in [1.29, 1.82) is 0 Å². The number of ether oxygens (including phenoxy) is 1. The van der Waals surface area contributed by atoms with E-state index in [9.17, 15) is 14.4 Å². The van der Waals surface area contributed by atoms with Crippen molar-refractivity contribution in [3.63, 3.8) is 0 Å². The number of hydrogen-bond donors (Lipinski definition) is 5. The molecule has 0 aliphatic rings. The lowest BCUT2D eigenvalue weighted by atomic mass is 10.0. The average molecular weight is 500 g/mol. The average Bonchev–Trinajstić information content (AvgIpc) is 2.87. The zero-order valence-corrected chi connectivity index (χ0v) is 20.7. The Bertz CT molecular complexity index is 968. The van der Waals surface area contributed by atoms with Gasteiger partial charge in [0.1, 0.15) is 6.04 Å². The molecular weight excluding hydrogens is 462 g/mol. The van der Waals surface area contributed by atoms with Gasteiger partial charge in [-0.25, -0.2) is 4.98 Å². The molecule has 1 aromatic carbocycles. The van der Waals surface area contributed by atoms with Crippen LogP contribution in [-0.4, -0.2) is 72.5 Å². The van der Waals surface area contributed by atoms with E-state index in [4.69, 9.17) is 21.9 Å². The number of aromatic nitrogens is 1. The molecule has 11 nitrogen and oxygen atoms in total. The van der Waals surface area contributed by atoms with Crippen LogP contribution in [0, 0.1) is 0 Å². The lowest BCUT2D eigenvalue weighted by Crippen LogP contribution is -2.52. The maximum atomic E-state index is 13.1. The van der Waals surface area contributed by atoms with E-state index in [0.717, 1.165) is 5.56 Å². The molecule has 196 valence electrons. The van der Waals surface area contributed by atoms with Crippen molar-refractivity contribution in [3.05, 3.63) is 54.2 Å². The first-order valence-corrected chi connectivity index (χ1v) is 12.0. The van der Waals surface area contributed by atoms with E-state index in [1.54, 1.807) is 12.1 Å². The smallest absolute Gasteiger partial charge is 0.246 e. The van der Waals surface area contributed by atoms with Crippen LogP contribution in [0.2, 0.25) is 0 Å². The molecule has 2 rings (SSSR count). The fraction of sp³-hybridized carbons (Fsp3) is 0.440. The number of carbonyl (C=O) groups excluding carboxylic acids is 3. The van der Waals surface area contributed by atoms with E-state index < -0.39 is 23.9 Å². The second kappa shape index (κ2) is 15.5. The molecule has 0 saturated heterocycles. The highest BCUT2D eigenvalue weighted by Gasteiger charge is 2.26. The van der Waals surface area contributed by atoms with Gasteiger partial charge in [-0.15, -0.1) is 0 Å². The number of nitrogens with two attached hydrogens (primary N) is 3. The molecule has 1 heterocycles. The first-order chi connectivity index (χ1) is 17.4. The lowest BCUT2D eigenvalue weighted by Gasteiger charge is -2.24. The van der Waals surface area contributed by atoms with Gasteiger partial charge in [0.25, 0.3) is 0 Å². The second-order valence-electron chi connectivity index (χ2n) is 8.16. The fourth-order valence-electron chi connectivity index (χ4n) is 3.53. The molecule has 2 atom stereocenters. The Morgan fingerprint density at radius 3 is 2.39 bits per heavy atom. The summed E-state index contributed by atoms with van der Waals surface area (Å²) in [4.78, 5) is 44.1. The molecule has 0 fully saturated rings. The summed E-state index contributed by atoms with van der Waals surface area (Å²) in [5.41, 5.74) is 18.6. The van der Waals surface area contributed by atoms with Crippen LogP contribution in [-0.2, 0) is 20.8 Å². The van der Waals surface area contributed by atoms with Gasteiger partial charge in [0, 0.05) is 44.1 Å². The van der Waals surface area contributed by atoms with E-state index in [0.29, 0.717) is 44.1 Å². The molecule has 0 bridgehead atoms. The van der Waals surface area contributed by atoms with Gasteiger partial charge in [0.15, 0.2) is 0 Å². The van der Waals surface area contributed by atoms with Crippen LogP contribution in [0.3, 0.4) is 0 Å². The highest BCUT2D eigenvalue weighted by atomic mass is 16.5. The fourth-order valence-corrected chi connectivity index (χ4v) is 3.53. The van der Waals surface area contributed by atoms with E-state index in [2.05, 4.69) is 15.6 Å². The minimum Gasteiger partial charge on any atom is -0.478 e. The molecule has 0 radical (unpaired) electrons. The maximum absolute atomic E-state index is 13.1. The van der Waals surface area contributed by atoms with Crippen LogP contribution in [0.1, 0.15) is 25.3 Å². The predicted molar refractivity (Wildman–Crippen MR) is 138 cm³/mol. The summed E-state index contributed by atoms with van der Waals surface area (Å²) < 4.78 is 5.38. The zero-order chi connectivity index (χ0) is 26.3. The Morgan fingerprint density at radius 1 is 1.06 bits per heavy atom. The molecule has 36 heavy (non-hydrogen) atoms. The number of benzene rings is 1. The monoisotopic (exact) mass is 499 g/mol. The molecular formula is C25H37N7O4. The van der Waals surface area contributed by atoms with Crippen molar-refractivity contribution in [2.75, 3.05) is 38.1 Å². The van der Waals surface area contributed by atoms with Gasteiger partial charge in [0.05, 0.1) is 19.1 Å². The molecule has 0 aliphatic carbocycles. The number of amides is 3. The molecule has 11 heteroatoms. The van der Waals surface area contributed by atoms with E-state index in [1.165, 1.54) is 11.1 Å². The summed E-state index contributed by atoms with van der Waals surface area (Å²) in [6.07, 6.45) is 2.18. The summed E-state index contributed by atoms with van der Waals surface area (Å²) in [7, 11) is 0. The number of rotatable bonds is 15. The summed E-state index contributed by atoms with van der Waals surface area (Å²) in [6, 6.07) is 10.8. The van der Waals surface area contributed by atoms with Crippen molar-refractivity contribution < 1.29 is 19.1 Å². The zero-order valence-electron chi connectivity index (χ0n) is 20.7. The molecule has 3 amide bonds. The summed E-state index contributed by atoms with van der Waals surface area (Å²) in [5, 5.41) is 5.51. The summed E-state index contributed by atoms with van der Waals surface area (Å²) in [5.74, 6) is -0.958. The Labute approximate surface area is 211 Å². The third-order valence-electron chi connectivity index (χ3n) is 5.37. The van der Waals surface area contributed by atoms with Crippen LogP contribution in [0.5, 0.6) is 5.88 Å². The largest absolute Gasteiger partial charge is 0.478 e. The molecule has 0 saturated carbocycles. The first-order valence-electron chi connectivity index (χ1n) is 12.0. The third-order valence-corrected chi connectivity index (χ3v) is 5.37.